The third kappa shape index (κ3) is 2.51. The number of anilines is 1. The summed E-state index contributed by atoms with van der Waals surface area (Å²) in [5.41, 5.74) is 0.624. The summed E-state index contributed by atoms with van der Waals surface area (Å²) in [7, 11) is 1.64. The highest BCUT2D eigenvalue weighted by Crippen LogP contribution is 2.29. The SMILES string of the molecule is CN(C(=O)C1CCCS1)c1ccccc1C(=O)O. The molecule has 1 aromatic carbocycles. The number of rotatable bonds is 3. The van der Waals surface area contributed by atoms with Crippen molar-refractivity contribution in [3.05, 3.63) is 29.8 Å². The molecule has 18 heavy (non-hydrogen) atoms. The maximum absolute atomic E-state index is 12.2. The average molecular weight is 265 g/mol. The summed E-state index contributed by atoms with van der Waals surface area (Å²) >= 11 is 1.65. The van der Waals surface area contributed by atoms with Crippen LogP contribution in [-0.2, 0) is 4.79 Å². The van der Waals surface area contributed by atoms with E-state index in [0.717, 1.165) is 18.6 Å². The number of carboxylic acids is 1. The molecule has 0 spiro atoms. The van der Waals surface area contributed by atoms with Gasteiger partial charge in [0.1, 0.15) is 0 Å². The van der Waals surface area contributed by atoms with Crippen molar-refractivity contribution in [2.24, 2.45) is 0 Å². The number of aromatic carboxylic acids is 1. The van der Waals surface area contributed by atoms with Crippen molar-refractivity contribution in [3.8, 4) is 0 Å². The zero-order valence-electron chi connectivity index (χ0n) is 10.1. The number of nitrogens with zero attached hydrogens (tertiary/aromatic N) is 1. The Bertz CT molecular complexity index is 469. The van der Waals surface area contributed by atoms with E-state index < -0.39 is 5.97 Å². The van der Waals surface area contributed by atoms with Crippen molar-refractivity contribution in [3.63, 3.8) is 0 Å². The van der Waals surface area contributed by atoms with Crippen molar-refractivity contribution in [2.75, 3.05) is 17.7 Å². The fraction of sp³-hybridized carbons (Fsp3) is 0.385. The van der Waals surface area contributed by atoms with Crippen LogP contribution < -0.4 is 4.90 Å². The van der Waals surface area contributed by atoms with Crippen LogP contribution in [0.25, 0.3) is 0 Å². The van der Waals surface area contributed by atoms with Crippen molar-refractivity contribution in [1.29, 1.82) is 0 Å². The number of carboxylic acid groups (broad SMARTS) is 1. The Morgan fingerprint density at radius 1 is 1.39 bits per heavy atom. The molecule has 1 atom stereocenters. The molecule has 4 nitrogen and oxygen atoms in total. The number of thioether (sulfide) groups is 1. The smallest absolute Gasteiger partial charge is 0.337 e. The van der Waals surface area contributed by atoms with Crippen molar-refractivity contribution in [2.45, 2.75) is 18.1 Å². The summed E-state index contributed by atoms with van der Waals surface area (Å²) in [6.07, 6.45) is 1.93. The van der Waals surface area contributed by atoms with E-state index in [9.17, 15) is 9.59 Å². The Labute approximate surface area is 110 Å². The molecule has 96 valence electrons. The number of hydrogen-bond acceptors (Lipinski definition) is 3. The molecule has 1 aliphatic rings. The summed E-state index contributed by atoms with van der Waals surface area (Å²) in [5.74, 6) is -0.0132. The first-order chi connectivity index (χ1) is 8.61. The van der Waals surface area contributed by atoms with Gasteiger partial charge >= 0.3 is 5.97 Å². The van der Waals surface area contributed by atoms with Gasteiger partial charge in [0.2, 0.25) is 5.91 Å². The molecule has 5 heteroatoms. The summed E-state index contributed by atoms with van der Waals surface area (Å²) in [4.78, 5) is 24.8. The van der Waals surface area contributed by atoms with Gasteiger partial charge in [-0.1, -0.05) is 12.1 Å². The molecule has 0 aromatic heterocycles. The van der Waals surface area contributed by atoms with Crippen molar-refractivity contribution >= 4 is 29.3 Å². The number of para-hydroxylation sites is 1. The van der Waals surface area contributed by atoms with Crippen molar-refractivity contribution in [1.82, 2.24) is 0 Å². The molecule has 1 N–H and O–H groups in total. The maximum atomic E-state index is 12.2. The van der Waals surface area contributed by atoms with E-state index in [1.165, 1.54) is 11.0 Å². The van der Waals surface area contributed by atoms with E-state index in [2.05, 4.69) is 0 Å². The Morgan fingerprint density at radius 3 is 2.72 bits per heavy atom. The summed E-state index contributed by atoms with van der Waals surface area (Å²) in [6.45, 7) is 0. The molecule has 0 aliphatic carbocycles. The Morgan fingerprint density at radius 2 is 2.11 bits per heavy atom. The normalized spacial score (nSPS) is 18.6. The van der Waals surface area contributed by atoms with E-state index >= 15 is 0 Å². The Hall–Kier alpha value is -1.49. The molecule has 1 fully saturated rings. The van der Waals surface area contributed by atoms with Crippen LogP contribution in [0.1, 0.15) is 23.2 Å². The van der Waals surface area contributed by atoms with Crippen LogP contribution in [0.2, 0.25) is 0 Å². The molecule has 1 saturated heterocycles. The van der Waals surface area contributed by atoms with Crippen LogP contribution in [0.3, 0.4) is 0 Å². The number of carbonyl (C=O) groups excluding carboxylic acids is 1. The van der Waals surface area contributed by atoms with E-state index in [-0.39, 0.29) is 16.7 Å². The highest BCUT2D eigenvalue weighted by atomic mass is 32.2. The number of hydrogen-bond donors (Lipinski definition) is 1. The predicted octanol–water partition coefficient (Wildman–Crippen LogP) is 2.24. The van der Waals surface area contributed by atoms with E-state index in [1.54, 1.807) is 37.0 Å². The van der Waals surface area contributed by atoms with Crippen LogP contribution in [0.4, 0.5) is 5.69 Å². The second-order valence-electron chi connectivity index (χ2n) is 4.22. The average Bonchev–Trinajstić information content (AvgIpc) is 2.90. The molecule has 1 aromatic rings. The minimum Gasteiger partial charge on any atom is -0.478 e. The van der Waals surface area contributed by atoms with Gasteiger partial charge in [0, 0.05) is 7.05 Å². The van der Waals surface area contributed by atoms with Crippen LogP contribution in [0, 0.1) is 0 Å². The Balaban J connectivity index is 2.25. The van der Waals surface area contributed by atoms with Crippen LogP contribution in [-0.4, -0.2) is 35.0 Å². The first-order valence-electron chi connectivity index (χ1n) is 5.82. The lowest BCUT2D eigenvalue weighted by Gasteiger charge is -2.22. The monoisotopic (exact) mass is 265 g/mol. The number of amides is 1. The van der Waals surface area contributed by atoms with Crippen LogP contribution >= 0.6 is 11.8 Å². The minimum atomic E-state index is -1.01. The van der Waals surface area contributed by atoms with E-state index in [1.807, 2.05) is 0 Å². The third-order valence-electron chi connectivity index (χ3n) is 3.03. The summed E-state index contributed by atoms with van der Waals surface area (Å²) in [6, 6.07) is 6.59. The van der Waals surface area contributed by atoms with E-state index in [4.69, 9.17) is 5.11 Å². The van der Waals surface area contributed by atoms with Gasteiger partial charge < -0.3 is 10.0 Å². The zero-order valence-corrected chi connectivity index (χ0v) is 10.9. The van der Waals surface area contributed by atoms with Gasteiger partial charge in [-0.2, -0.15) is 0 Å². The lowest BCUT2D eigenvalue weighted by Crippen LogP contribution is -2.34. The molecule has 2 rings (SSSR count). The standard InChI is InChI=1S/C13H15NO3S/c1-14(12(15)11-7-4-8-18-11)10-6-3-2-5-9(10)13(16)17/h2-3,5-6,11H,4,7-8H2,1H3,(H,16,17). The van der Waals surface area contributed by atoms with E-state index in [0.29, 0.717) is 5.69 Å². The third-order valence-corrected chi connectivity index (χ3v) is 4.40. The molecular weight excluding hydrogens is 250 g/mol. The first kappa shape index (κ1) is 13.0. The Kier molecular flexibility index (Phi) is 3.91. The van der Waals surface area contributed by atoms with Gasteiger partial charge in [-0.05, 0) is 30.7 Å². The van der Waals surface area contributed by atoms with Crippen molar-refractivity contribution < 1.29 is 14.7 Å². The van der Waals surface area contributed by atoms with Crippen LogP contribution in [0.15, 0.2) is 24.3 Å². The van der Waals surface area contributed by atoms with Gasteiger partial charge in [-0.15, -0.1) is 11.8 Å². The second kappa shape index (κ2) is 5.44. The molecule has 1 amide bonds. The lowest BCUT2D eigenvalue weighted by molar-refractivity contribution is -0.117. The van der Waals surface area contributed by atoms with Crippen LogP contribution in [0.5, 0.6) is 0 Å². The second-order valence-corrected chi connectivity index (χ2v) is 5.53. The number of carbonyl (C=O) groups is 2. The molecular formula is C13H15NO3S. The fourth-order valence-electron chi connectivity index (χ4n) is 2.05. The van der Waals surface area contributed by atoms with Gasteiger partial charge in [-0.3, -0.25) is 4.79 Å². The van der Waals surface area contributed by atoms with Gasteiger partial charge in [0.25, 0.3) is 0 Å². The first-order valence-corrected chi connectivity index (χ1v) is 6.87. The molecule has 0 saturated carbocycles. The largest absolute Gasteiger partial charge is 0.478 e. The molecule has 0 bridgehead atoms. The highest BCUT2D eigenvalue weighted by Gasteiger charge is 2.28. The number of benzene rings is 1. The van der Waals surface area contributed by atoms with Gasteiger partial charge in [0.05, 0.1) is 16.5 Å². The lowest BCUT2D eigenvalue weighted by atomic mass is 10.1. The minimum absolute atomic E-state index is 0.00815. The predicted molar refractivity (Wildman–Crippen MR) is 72.3 cm³/mol. The van der Waals surface area contributed by atoms with Gasteiger partial charge in [0.15, 0.2) is 0 Å². The summed E-state index contributed by atoms with van der Waals surface area (Å²) < 4.78 is 0. The summed E-state index contributed by atoms with van der Waals surface area (Å²) in [5, 5.41) is 9.09. The van der Waals surface area contributed by atoms with Gasteiger partial charge in [-0.25, -0.2) is 4.79 Å². The zero-order chi connectivity index (χ0) is 13.1. The molecule has 0 radical (unpaired) electrons. The quantitative estimate of drug-likeness (QED) is 0.910. The highest BCUT2D eigenvalue weighted by molar-refractivity contribution is 8.00. The topological polar surface area (TPSA) is 57.6 Å². The molecule has 1 heterocycles. The molecule has 1 aliphatic heterocycles. The fourth-order valence-corrected chi connectivity index (χ4v) is 3.31. The molecule has 1 unspecified atom stereocenters. The maximum Gasteiger partial charge on any atom is 0.337 e.